The zero-order valence-corrected chi connectivity index (χ0v) is 16.0. The molecule has 0 aromatic heterocycles. The van der Waals surface area contributed by atoms with Crippen LogP contribution in [0.4, 0.5) is 0 Å². The van der Waals surface area contributed by atoms with Crippen molar-refractivity contribution < 1.29 is 19.1 Å². The van der Waals surface area contributed by atoms with Gasteiger partial charge in [-0.25, -0.2) is 0 Å². The average molecular weight is 372 g/mol. The first-order valence-corrected chi connectivity index (χ1v) is 9.94. The van der Waals surface area contributed by atoms with E-state index in [2.05, 4.69) is 0 Å². The van der Waals surface area contributed by atoms with Crippen LogP contribution in [0, 0.1) is 6.92 Å². The third-order valence-electron chi connectivity index (χ3n) is 5.86. The first kappa shape index (κ1) is 18.4. The molecular weight excluding hydrogens is 344 g/mol. The number of ether oxygens (including phenoxy) is 2. The van der Waals surface area contributed by atoms with E-state index in [0.29, 0.717) is 19.7 Å². The maximum absolute atomic E-state index is 12.6. The Bertz CT molecular complexity index is 708. The summed E-state index contributed by atoms with van der Waals surface area (Å²) in [5, 5.41) is 0. The summed E-state index contributed by atoms with van der Waals surface area (Å²) in [5.41, 5.74) is 1.50. The second-order valence-corrected chi connectivity index (χ2v) is 8.08. The largest absolute Gasteiger partial charge is 0.371 e. The number of aryl methyl sites for hydroxylation is 1. The fourth-order valence-electron chi connectivity index (χ4n) is 4.35. The molecular formula is C21H28N2O4. The van der Waals surface area contributed by atoms with E-state index in [1.807, 2.05) is 41.0 Å². The number of carbonyl (C=O) groups is 2. The van der Waals surface area contributed by atoms with Crippen LogP contribution in [0.15, 0.2) is 24.3 Å². The number of carbonyl (C=O) groups excluding carboxylic acids is 2. The Balaban J connectivity index is 1.27. The van der Waals surface area contributed by atoms with E-state index in [0.717, 1.165) is 49.9 Å². The van der Waals surface area contributed by atoms with E-state index >= 15 is 0 Å². The Kier molecular flexibility index (Phi) is 5.19. The monoisotopic (exact) mass is 372 g/mol. The van der Waals surface area contributed by atoms with Crippen LogP contribution in [0.2, 0.25) is 0 Å². The average Bonchev–Trinajstić information content (AvgIpc) is 3.18. The van der Waals surface area contributed by atoms with Gasteiger partial charge in [0.05, 0.1) is 19.2 Å². The predicted molar refractivity (Wildman–Crippen MR) is 101 cm³/mol. The topological polar surface area (TPSA) is 59.1 Å². The van der Waals surface area contributed by atoms with Crippen LogP contribution < -0.4 is 0 Å². The van der Waals surface area contributed by atoms with E-state index in [4.69, 9.17) is 9.47 Å². The third kappa shape index (κ3) is 4.01. The lowest BCUT2D eigenvalue weighted by Gasteiger charge is -2.53. The van der Waals surface area contributed by atoms with Crippen LogP contribution in [0.1, 0.15) is 41.6 Å². The number of benzene rings is 1. The summed E-state index contributed by atoms with van der Waals surface area (Å²) in [4.78, 5) is 28.5. The molecule has 6 heteroatoms. The predicted octanol–water partition coefficient (Wildman–Crippen LogP) is 2.01. The van der Waals surface area contributed by atoms with Crippen molar-refractivity contribution in [1.82, 2.24) is 9.80 Å². The minimum Gasteiger partial charge on any atom is -0.371 e. The van der Waals surface area contributed by atoms with Crippen LogP contribution >= 0.6 is 0 Å². The third-order valence-corrected chi connectivity index (χ3v) is 5.86. The number of hydrogen-bond donors (Lipinski definition) is 0. The molecule has 0 radical (unpaired) electrons. The lowest BCUT2D eigenvalue weighted by Crippen LogP contribution is -2.67. The molecule has 0 saturated carbocycles. The Morgan fingerprint density at radius 1 is 1.22 bits per heavy atom. The first-order valence-electron chi connectivity index (χ1n) is 9.94. The fourth-order valence-corrected chi connectivity index (χ4v) is 4.35. The van der Waals surface area contributed by atoms with Crippen molar-refractivity contribution in [2.45, 2.75) is 44.3 Å². The molecule has 3 saturated heterocycles. The Morgan fingerprint density at radius 2 is 2.00 bits per heavy atom. The van der Waals surface area contributed by atoms with Gasteiger partial charge < -0.3 is 19.3 Å². The fraction of sp³-hybridized carbons (Fsp3) is 0.619. The minimum absolute atomic E-state index is 0.0292. The number of nitrogens with zero attached hydrogens (tertiary/aromatic N) is 2. The Hall–Kier alpha value is -1.92. The van der Waals surface area contributed by atoms with E-state index in [-0.39, 0.29) is 30.1 Å². The van der Waals surface area contributed by atoms with Gasteiger partial charge in [0.1, 0.15) is 12.2 Å². The Morgan fingerprint density at radius 3 is 2.74 bits per heavy atom. The summed E-state index contributed by atoms with van der Waals surface area (Å²) in [6.45, 7) is 5.68. The second kappa shape index (κ2) is 7.60. The molecule has 0 aliphatic carbocycles. The number of amides is 2. The Labute approximate surface area is 160 Å². The zero-order valence-electron chi connectivity index (χ0n) is 16.0. The van der Waals surface area contributed by atoms with Crippen LogP contribution in [0.3, 0.4) is 0 Å². The molecule has 3 aliphatic rings. The molecule has 1 aromatic carbocycles. The molecule has 0 bridgehead atoms. The molecule has 1 aromatic rings. The molecule has 27 heavy (non-hydrogen) atoms. The molecule has 0 N–H and O–H groups in total. The SMILES string of the molecule is Cc1cccc(C(=O)N2CC3(C[C@H](OCC(=O)N4CCCC4)CCO3)C2)c1. The molecule has 1 spiro atoms. The maximum Gasteiger partial charge on any atom is 0.254 e. The van der Waals surface area contributed by atoms with Gasteiger partial charge in [-0.3, -0.25) is 9.59 Å². The molecule has 6 nitrogen and oxygen atoms in total. The van der Waals surface area contributed by atoms with Gasteiger partial charge in [-0.15, -0.1) is 0 Å². The van der Waals surface area contributed by atoms with Crippen molar-refractivity contribution in [3.63, 3.8) is 0 Å². The van der Waals surface area contributed by atoms with E-state index in [1.54, 1.807) is 0 Å². The van der Waals surface area contributed by atoms with Crippen molar-refractivity contribution >= 4 is 11.8 Å². The first-order chi connectivity index (χ1) is 13.0. The van der Waals surface area contributed by atoms with Gasteiger partial charge in [0.15, 0.2) is 0 Å². The highest BCUT2D eigenvalue weighted by atomic mass is 16.5. The lowest BCUT2D eigenvalue weighted by atomic mass is 9.84. The number of rotatable bonds is 4. The summed E-state index contributed by atoms with van der Waals surface area (Å²) in [5.74, 6) is 0.151. The summed E-state index contributed by atoms with van der Waals surface area (Å²) in [7, 11) is 0. The van der Waals surface area contributed by atoms with E-state index in [9.17, 15) is 9.59 Å². The van der Waals surface area contributed by atoms with Crippen molar-refractivity contribution in [1.29, 1.82) is 0 Å². The molecule has 1 atom stereocenters. The van der Waals surface area contributed by atoms with Gasteiger partial charge in [0.2, 0.25) is 5.91 Å². The van der Waals surface area contributed by atoms with Gasteiger partial charge in [-0.05, 0) is 38.3 Å². The lowest BCUT2D eigenvalue weighted by molar-refractivity contribution is -0.188. The summed E-state index contributed by atoms with van der Waals surface area (Å²) in [6, 6.07) is 7.68. The van der Waals surface area contributed by atoms with Crippen LogP contribution in [0.5, 0.6) is 0 Å². The van der Waals surface area contributed by atoms with Crippen LogP contribution in [0.25, 0.3) is 0 Å². The highest BCUT2D eigenvalue weighted by Gasteiger charge is 2.49. The van der Waals surface area contributed by atoms with Gasteiger partial charge in [0.25, 0.3) is 5.91 Å². The van der Waals surface area contributed by atoms with Crippen LogP contribution in [-0.4, -0.2) is 72.7 Å². The maximum atomic E-state index is 12.6. The molecule has 146 valence electrons. The summed E-state index contributed by atoms with van der Waals surface area (Å²) in [6.07, 6.45) is 3.77. The summed E-state index contributed by atoms with van der Waals surface area (Å²) < 4.78 is 11.9. The van der Waals surface area contributed by atoms with Crippen molar-refractivity contribution in [2.24, 2.45) is 0 Å². The van der Waals surface area contributed by atoms with Crippen molar-refractivity contribution in [3.8, 4) is 0 Å². The zero-order chi connectivity index (χ0) is 18.9. The van der Waals surface area contributed by atoms with Crippen molar-refractivity contribution in [2.75, 3.05) is 39.4 Å². The van der Waals surface area contributed by atoms with Gasteiger partial charge in [-0.1, -0.05) is 17.7 Å². The molecule has 3 heterocycles. The second-order valence-electron chi connectivity index (χ2n) is 8.08. The molecule has 3 aliphatic heterocycles. The number of hydrogen-bond acceptors (Lipinski definition) is 4. The van der Waals surface area contributed by atoms with Crippen LogP contribution in [-0.2, 0) is 14.3 Å². The molecule has 0 unspecified atom stereocenters. The number of likely N-dealkylation sites (tertiary alicyclic amines) is 2. The highest BCUT2D eigenvalue weighted by Crippen LogP contribution is 2.36. The standard InChI is InChI=1S/C21H28N2O4/c1-16-5-4-6-17(11-16)20(25)23-14-21(15-23)12-18(7-10-27-21)26-13-19(24)22-8-2-3-9-22/h4-6,11,18H,2-3,7-10,12-15H2,1H3/t18-/m1/s1. The van der Waals surface area contributed by atoms with E-state index < -0.39 is 0 Å². The minimum atomic E-state index is -0.306. The normalized spacial score (nSPS) is 24.1. The quantitative estimate of drug-likeness (QED) is 0.811. The van der Waals surface area contributed by atoms with Gasteiger partial charge in [-0.2, -0.15) is 0 Å². The van der Waals surface area contributed by atoms with Crippen molar-refractivity contribution in [3.05, 3.63) is 35.4 Å². The molecule has 4 rings (SSSR count). The molecule has 2 amide bonds. The highest BCUT2D eigenvalue weighted by molar-refractivity contribution is 5.95. The van der Waals surface area contributed by atoms with E-state index in [1.165, 1.54) is 0 Å². The molecule has 3 fully saturated rings. The smallest absolute Gasteiger partial charge is 0.254 e. The summed E-state index contributed by atoms with van der Waals surface area (Å²) >= 11 is 0. The van der Waals surface area contributed by atoms with Gasteiger partial charge in [0, 0.05) is 31.7 Å². The van der Waals surface area contributed by atoms with Gasteiger partial charge >= 0.3 is 0 Å².